The zero-order valence-electron chi connectivity index (χ0n) is 20.6. The molecule has 0 saturated heterocycles. The van der Waals surface area contributed by atoms with Crippen LogP contribution in [0.15, 0.2) is 78.9 Å². The van der Waals surface area contributed by atoms with E-state index < -0.39 is 11.9 Å². The van der Waals surface area contributed by atoms with Crippen LogP contribution in [0, 0.1) is 5.82 Å². The minimum atomic E-state index is -1.10. The van der Waals surface area contributed by atoms with E-state index in [1.807, 2.05) is 54.6 Å². The molecule has 1 unspecified atom stereocenters. The fraction of sp³-hybridized carbons (Fsp3) is 0.310. The average Bonchev–Trinajstić information content (AvgIpc) is 3.58. The van der Waals surface area contributed by atoms with E-state index in [-0.39, 0.29) is 36.5 Å². The van der Waals surface area contributed by atoms with Gasteiger partial charge in [0, 0.05) is 18.2 Å². The quantitative estimate of drug-likeness (QED) is 0.369. The number of carbonyl (C=O) groups is 2. The molecule has 8 heteroatoms. The van der Waals surface area contributed by atoms with Crippen molar-refractivity contribution >= 4 is 22.8 Å². The van der Waals surface area contributed by atoms with Crippen molar-refractivity contribution < 1.29 is 14.0 Å². The second kappa shape index (κ2) is 11.3. The second-order valence-electron chi connectivity index (χ2n) is 9.47. The molecule has 37 heavy (non-hydrogen) atoms. The minimum Gasteiger partial charge on any atom is -0.351 e. The van der Waals surface area contributed by atoms with E-state index in [9.17, 15) is 9.59 Å². The molecular formula is C29H30FN5O2. The van der Waals surface area contributed by atoms with Gasteiger partial charge in [-0.05, 0) is 43.0 Å². The van der Waals surface area contributed by atoms with Crippen molar-refractivity contribution in [2.45, 2.75) is 50.7 Å². The molecule has 0 spiro atoms. The Kier molecular flexibility index (Phi) is 7.54. The van der Waals surface area contributed by atoms with Gasteiger partial charge in [0.1, 0.15) is 23.9 Å². The Morgan fingerprint density at radius 3 is 2.46 bits per heavy atom. The highest BCUT2D eigenvalue weighted by molar-refractivity contribution is 5.89. The highest BCUT2D eigenvalue weighted by atomic mass is 19.1. The van der Waals surface area contributed by atoms with Crippen molar-refractivity contribution in [2.75, 3.05) is 6.54 Å². The molecule has 1 heterocycles. The lowest BCUT2D eigenvalue weighted by Crippen LogP contribution is -2.48. The fourth-order valence-corrected chi connectivity index (χ4v) is 5.04. The molecule has 2 amide bonds. The molecule has 4 aromatic rings. The van der Waals surface area contributed by atoms with Crippen molar-refractivity contribution in [3.63, 3.8) is 0 Å². The lowest BCUT2D eigenvalue weighted by molar-refractivity contribution is -0.141. The van der Waals surface area contributed by atoms with Crippen molar-refractivity contribution in [3.05, 3.63) is 95.8 Å². The van der Waals surface area contributed by atoms with Crippen molar-refractivity contribution in [3.8, 4) is 0 Å². The van der Waals surface area contributed by atoms with Gasteiger partial charge in [0.2, 0.25) is 11.8 Å². The van der Waals surface area contributed by atoms with Crippen LogP contribution in [0.1, 0.15) is 42.9 Å². The summed E-state index contributed by atoms with van der Waals surface area (Å²) in [6.45, 7) is 0.129. The largest absolute Gasteiger partial charge is 0.351 e. The summed E-state index contributed by atoms with van der Waals surface area (Å²) in [5, 5.41) is 11.4. The first-order valence-electron chi connectivity index (χ1n) is 12.8. The maximum Gasteiger partial charge on any atom is 0.247 e. The number of rotatable bonds is 9. The predicted molar refractivity (Wildman–Crippen MR) is 139 cm³/mol. The number of para-hydroxylation sites is 1. The van der Waals surface area contributed by atoms with E-state index >= 15 is 4.39 Å². The Labute approximate surface area is 215 Å². The fourth-order valence-electron chi connectivity index (χ4n) is 5.04. The number of amides is 2. The molecule has 1 aliphatic rings. The van der Waals surface area contributed by atoms with Gasteiger partial charge in [-0.2, -0.15) is 0 Å². The maximum absolute atomic E-state index is 15.1. The second-order valence-corrected chi connectivity index (χ2v) is 9.47. The van der Waals surface area contributed by atoms with Crippen LogP contribution in [0.25, 0.3) is 11.0 Å². The SMILES string of the molecule is O=C(NC1CCCC1)C(c1ccccc1F)N(CCc1ccccc1)C(=O)Cn1nnc2ccccc21. The van der Waals surface area contributed by atoms with E-state index in [4.69, 9.17) is 0 Å². The Morgan fingerprint density at radius 2 is 1.68 bits per heavy atom. The maximum atomic E-state index is 15.1. The molecule has 1 aliphatic carbocycles. The third kappa shape index (κ3) is 5.69. The molecule has 0 aliphatic heterocycles. The number of benzene rings is 3. The normalized spacial score (nSPS) is 14.5. The minimum absolute atomic E-state index is 0.0344. The van der Waals surface area contributed by atoms with Gasteiger partial charge in [0.25, 0.3) is 0 Å². The molecule has 3 aromatic carbocycles. The number of carbonyl (C=O) groups excluding carboxylic acids is 2. The average molecular weight is 500 g/mol. The number of aromatic nitrogens is 3. The molecular weight excluding hydrogens is 469 g/mol. The topological polar surface area (TPSA) is 80.1 Å². The van der Waals surface area contributed by atoms with E-state index in [2.05, 4.69) is 15.6 Å². The van der Waals surface area contributed by atoms with E-state index in [0.29, 0.717) is 11.9 Å². The smallest absolute Gasteiger partial charge is 0.247 e. The summed E-state index contributed by atoms with van der Waals surface area (Å²) in [6.07, 6.45) is 4.39. The van der Waals surface area contributed by atoms with Crippen LogP contribution in [0.2, 0.25) is 0 Å². The number of nitrogens with one attached hydrogen (secondary N) is 1. The van der Waals surface area contributed by atoms with Gasteiger partial charge in [0.15, 0.2) is 0 Å². The van der Waals surface area contributed by atoms with Gasteiger partial charge in [-0.15, -0.1) is 5.10 Å². The van der Waals surface area contributed by atoms with Crippen LogP contribution in [0.3, 0.4) is 0 Å². The Morgan fingerprint density at radius 1 is 0.973 bits per heavy atom. The van der Waals surface area contributed by atoms with Gasteiger partial charge in [-0.3, -0.25) is 9.59 Å². The number of fused-ring (bicyclic) bond motifs is 1. The van der Waals surface area contributed by atoms with Gasteiger partial charge in [-0.1, -0.05) is 78.7 Å². The van der Waals surface area contributed by atoms with E-state index in [1.165, 1.54) is 15.6 Å². The summed E-state index contributed by atoms with van der Waals surface area (Å²) in [6, 6.07) is 22.3. The monoisotopic (exact) mass is 499 g/mol. The molecule has 1 aromatic heterocycles. The Balaban J connectivity index is 1.49. The van der Waals surface area contributed by atoms with Crippen LogP contribution in [0.4, 0.5) is 4.39 Å². The van der Waals surface area contributed by atoms with Gasteiger partial charge >= 0.3 is 0 Å². The Hall–Kier alpha value is -4.07. The van der Waals surface area contributed by atoms with Gasteiger partial charge in [-0.25, -0.2) is 9.07 Å². The number of halogens is 1. The number of hydrogen-bond donors (Lipinski definition) is 1. The third-order valence-electron chi connectivity index (χ3n) is 6.97. The van der Waals surface area contributed by atoms with E-state index in [0.717, 1.165) is 36.8 Å². The zero-order chi connectivity index (χ0) is 25.6. The zero-order valence-corrected chi connectivity index (χ0v) is 20.6. The molecule has 190 valence electrons. The molecule has 5 rings (SSSR count). The molecule has 7 nitrogen and oxygen atoms in total. The van der Waals surface area contributed by atoms with Crippen LogP contribution < -0.4 is 5.32 Å². The first kappa shape index (κ1) is 24.6. The van der Waals surface area contributed by atoms with Crippen LogP contribution in [-0.2, 0) is 22.6 Å². The highest BCUT2D eigenvalue weighted by Gasteiger charge is 2.35. The number of hydrogen-bond acceptors (Lipinski definition) is 4. The molecule has 0 bridgehead atoms. The molecule has 1 N–H and O–H groups in total. The van der Waals surface area contributed by atoms with Crippen molar-refractivity contribution in [1.82, 2.24) is 25.2 Å². The summed E-state index contributed by atoms with van der Waals surface area (Å²) in [5.74, 6) is -1.21. The lowest BCUT2D eigenvalue weighted by Gasteiger charge is -2.32. The highest BCUT2D eigenvalue weighted by Crippen LogP contribution is 2.27. The molecule has 0 radical (unpaired) electrons. The summed E-state index contributed by atoms with van der Waals surface area (Å²) in [7, 11) is 0. The van der Waals surface area contributed by atoms with Crippen LogP contribution >= 0.6 is 0 Å². The summed E-state index contributed by atoms with van der Waals surface area (Å²) in [5.41, 5.74) is 2.60. The third-order valence-corrected chi connectivity index (χ3v) is 6.97. The number of nitrogens with zero attached hydrogens (tertiary/aromatic N) is 4. The molecule has 1 fully saturated rings. The standard InChI is InChI=1S/C29H30FN5O2/c30-24-15-7-6-14-23(24)28(29(37)31-22-12-4-5-13-22)34(19-18-21-10-2-1-3-11-21)27(36)20-35-26-17-9-8-16-25(26)32-33-35/h1-3,6-11,14-17,22,28H,4-5,12-13,18-20H2,(H,31,37). The molecule has 1 atom stereocenters. The van der Waals surface area contributed by atoms with Crippen molar-refractivity contribution in [1.29, 1.82) is 0 Å². The first-order chi connectivity index (χ1) is 18.1. The van der Waals surface area contributed by atoms with Crippen molar-refractivity contribution in [2.24, 2.45) is 0 Å². The summed E-state index contributed by atoms with van der Waals surface area (Å²) >= 11 is 0. The van der Waals surface area contributed by atoms with Gasteiger partial charge in [0.05, 0.1) is 5.52 Å². The van der Waals surface area contributed by atoms with Crippen LogP contribution in [0.5, 0.6) is 0 Å². The predicted octanol–water partition coefficient (Wildman–Crippen LogP) is 4.44. The summed E-state index contributed by atoms with van der Waals surface area (Å²) < 4.78 is 16.7. The molecule has 1 saturated carbocycles. The Bertz CT molecular complexity index is 1370. The summed E-state index contributed by atoms with van der Waals surface area (Å²) in [4.78, 5) is 29.1. The van der Waals surface area contributed by atoms with E-state index in [1.54, 1.807) is 18.2 Å². The van der Waals surface area contributed by atoms with Crippen LogP contribution in [-0.4, -0.2) is 44.3 Å². The van der Waals surface area contributed by atoms with Gasteiger partial charge < -0.3 is 10.2 Å². The lowest BCUT2D eigenvalue weighted by atomic mass is 10.0. The first-order valence-corrected chi connectivity index (χ1v) is 12.8.